The molecule has 1 aromatic carbocycles. The summed E-state index contributed by atoms with van der Waals surface area (Å²) in [4.78, 5) is 7.47. The Kier molecular flexibility index (Phi) is 2.76. The summed E-state index contributed by atoms with van der Waals surface area (Å²) in [5.74, 6) is 0.632. The Bertz CT molecular complexity index is 624. The number of piperidine rings is 1. The first-order chi connectivity index (χ1) is 9.88. The van der Waals surface area contributed by atoms with Gasteiger partial charge in [-0.3, -0.25) is 4.99 Å². The second-order valence-electron chi connectivity index (χ2n) is 5.94. The van der Waals surface area contributed by atoms with Gasteiger partial charge in [0.25, 0.3) is 0 Å². The Morgan fingerprint density at radius 1 is 1.30 bits per heavy atom. The van der Waals surface area contributed by atoms with Gasteiger partial charge in [-0.15, -0.1) is 6.58 Å². The second kappa shape index (κ2) is 4.62. The number of fused-ring (bicyclic) bond motifs is 4. The van der Waals surface area contributed by atoms with E-state index in [1.807, 2.05) is 0 Å². The van der Waals surface area contributed by atoms with E-state index in [1.165, 1.54) is 36.2 Å². The van der Waals surface area contributed by atoms with Gasteiger partial charge in [-0.1, -0.05) is 24.3 Å². The molecule has 0 radical (unpaired) electrons. The van der Waals surface area contributed by atoms with Crippen LogP contribution in [0.1, 0.15) is 31.2 Å². The van der Waals surface area contributed by atoms with E-state index < -0.39 is 0 Å². The topological polar surface area (TPSA) is 15.6 Å². The number of benzene rings is 1. The van der Waals surface area contributed by atoms with Crippen LogP contribution in [0.15, 0.2) is 47.6 Å². The molecule has 3 aliphatic heterocycles. The Balaban J connectivity index is 1.90. The van der Waals surface area contributed by atoms with E-state index in [9.17, 15) is 0 Å². The summed E-state index contributed by atoms with van der Waals surface area (Å²) in [5.41, 5.74) is 6.81. The van der Waals surface area contributed by atoms with Gasteiger partial charge in [-0.2, -0.15) is 0 Å². The highest BCUT2D eigenvalue weighted by molar-refractivity contribution is 6.30. The maximum absolute atomic E-state index is 4.87. The zero-order valence-corrected chi connectivity index (χ0v) is 11.8. The fraction of sp³-hybridized carbons (Fsp3) is 0.389. The molecule has 2 nitrogen and oxygen atoms in total. The second-order valence-corrected chi connectivity index (χ2v) is 5.94. The van der Waals surface area contributed by atoms with Crippen molar-refractivity contribution in [3.05, 3.63) is 48.2 Å². The first kappa shape index (κ1) is 12.0. The van der Waals surface area contributed by atoms with Crippen LogP contribution in [-0.4, -0.2) is 23.7 Å². The summed E-state index contributed by atoms with van der Waals surface area (Å²) in [6, 6.07) is 8.60. The van der Waals surface area contributed by atoms with Crippen molar-refractivity contribution in [2.75, 3.05) is 13.1 Å². The molecule has 1 saturated heterocycles. The van der Waals surface area contributed by atoms with Gasteiger partial charge in [0.05, 0.1) is 11.4 Å². The van der Waals surface area contributed by atoms with Crippen LogP contribution in [0.25, 0.3) is 5.57 Å². The summed E-state index contributed by atoms with van der Waals surface area (Å²) in [5, 5.41) is 0. The van der Waals surface area contributed by atoms with Crippen LogP contribution in [0.4, 0.5) is 5.69 Å². The maximum atomic E-state index is 4.87. The molecular formula is C18H20N2. The number of aliphatic imine (C=N–C) groups is 1. The summed E-state index contributed by atoms with van der Waals surface area (Å²) >= 11 is 0. The minimum Gasteiger partial charge on any atom is -0.374 e. The fourth-order valence-electron chi connectivity index (χ4n) is 3.92. The Labute approximate surface area is 120 Å². The quantitative estimate of drug-likeness (QED) is 0.732. The number of nitrogens with zero attached hydrogens (tertiary/aromatic N) is 2. The van der Waals surface area contributed by atoms with Crippen LogP contribution >= 0.6 is 0 Å². The van der Waals surface area contributed by atoms with Gasteiger partial charge in [0, 0.05) is 42.3 Å². The molecule has 1 atom stereocenters. The summed E-state index contributed by atoms with van der Waals surface area (Å²) in [6.45, 7) is 6.30. The lowest BCUT2D eigenvalue weighted by atomic mass is 9.82. The number of hydrogen-bond donors (Lipinski definition) is 0. The largest absolute Gasteiger partial charge is 0.374 e. The van der Waals surface area contributed by atoms with Crippen molar-refractivity contribution in [1.82, 2.24) is 4.90 Å². The van der Waals surface area contributed by atoms with Gasteiger partial charge in [-0.05, 0) is 25.3 Å². The van der Waals surface area contributed by atoms with Crippen LogP contribution < -0.4 is 0 Å². The molecular weight excluding hydrogens is 244 g/mol. The van der Waals surface area contributed by atoms with Crippen LogP contribution in [0.3, 0.4) is 0 Å². The van der Waals surface area contributed by atoms with Crippen LogP contribution in [0.5, 0.6) is 0 Å². The zero-order valence-electron chi connectivity index (χ0n) is 11.8. The lowest BCUT2D eigenvalue weighted by Gasteiger charge is -2.41. The molecule has 0 spiro atoms. The minimum absolute atomic E-state index is 0.632. The molecule has 102 valence electrons. The Morgan fingerprint density at radius 2 is 2.20 bits per heavy atom. The van der Waals surface area contributed by atoms with Crippen molar-refractivity contribution >= 4 is 17.0 Å². The first-order valence-electron chi connectivity index (χ1n) is 7.66. The normalized spacial score (nSPS) is 23.9. The number of allylic oxidation sites excluding steroid dienone is 3. The van der Waals surface area contributed by atoms with Crippen LogP contribution in [0.2, 0.25) is 0 Å². The Hall–Kier alpha value is -1.83. The summed E-state index contributed by atoms with van der Waals surface area (Å²) in [6.07, 6.45) is 6.85. The van der Waals surface area contributed by atoms with Crippen molar-refractivity contribution in [3.8, 4) is 0 Å². The molecule has 2 heteroatoms. The van der Waals surface area contributed by atoms with Gasteiger partial charge < -0.3 is 4.90 Å². The van der Waals surface area contributed by atoms with Crippen LogP contribution in [0, 0.1) is 5.92 Å². The highest BCUT2D eigenvalue weighted by atomic mass is 15.2. The fourth-order valence-corrected chi connectivity index (χ4v) is 3.92. The minimum atomic E-state index is 0.632. The van der Waals surface area contributed by atoms with Crippen LogP contribution in [-0.2, 0) is 0 Å². The highest BCUT2D eigenvalue weighted by Gasteiger charge is 2.35. The van der Waals surface area contributed by atoms with E-state index in [0.717, 1.165) is 25.1 Å². The SMILES string of the molecule is C=CCC1CCCN2CCC3=Nc4ccccc4C3=C12. The summed E-state index contributed by atoms with van der Waals surface area (Å²) < 4.78 is 0. The molecule has 1 fully saturated rings. The van der Waals surface area contributed by atoms with Gasteiger partial charge in [0.15, 0.2) is 0 Å². The third kappa shape index (κ3) is 1.67. The zero-order chi connectivity index (χ0) is 13.5. The van der Waals surface area contributed by atoms with E-state index in [0.29, 0.717) is 5.92 Å². The van der Waals surface area contributed by atoms with E-state index in [2.05, 4.69) is 41.8 Å². The first-order valence-corrected chi connectivity index (χ1v) is 7.66. The molecule has 20 heavy (non-hydrogen) atoms. The van der Waals surface area contributed by atoms with E-state index >= 15 is 0 Å². The number of hydrogen-bond acceptors (Lipinski definition) is 2. The smallest absolute Gasteiger partial charge is 0.0712 e. The maximum Gasteiger partial charge on any atom is 0.0712 e. The standard InChI is InChI=1S/C18H20N2/c1-2-6-13-7-5-11-20-12-10-16-17(18(13)20)14-8-3-4-9-15(14)19-16/h2-4,8-9,13H,1,5-7,10-12H2. The molecule has 1 unspecified atom stereocenters. The molecule has 3 aliphatic rings. The lowest BCUT2D eigenvalue weighted by Crippen LogP contribution is -2.39. The van der Waals surface area contributed by atoms with Crippen molar-refractivity contribution in [1.29, 1.82) is 0 Å². The monoisotopic (exact) mass is 264 g/mol. The molecule has 0 aromatic heterocycles. The van der Waals surface area contributed by atoms with E-state index in [-0.39, 0.29) is 0 Å². The predicted octanol–water partition coefficient (Wildman–Crippen LogP) is 4.18. The van der Waals surface area contributed by atoms with Crippen molar-refractivity contribution < 1.29 is 0 Å². The molecule has 0 aliphatic carbocycles. The molecule has 0 saturated carbocycles. The third-order valence-corrected chi connectivity index (χ3v) is 4.75. The molecule has 0 amide bonds. The number of rotatable bonds is 2. The van der Waals surface area contributed by atoms with E-state index in [4.69, 9.17) is 4.99 Å². The predicted molar refractivity (Wildman–Crippen MR) is 84.2 cm³/mol. The lowest BCUT2D eigenvalue weighted by molar-refractivity contribution is 0.246. The van der Waals surface area contributed by atoms with Gasteiger partial charge in [0.1, 0.15) is 0 Å². The van der Waals surface area contributed by atoms with Crippen molar-refractivity contribution in [3.63, 3.8) is 0 Å². The number of para-hydroxylation sites is 1. The van der Waals surface area contributed by atoms with E-state index in [1.54, 1.807) is 5.70 Å². The molecule has 0 N–H and O–H groups in total. The van der Waals surface area contributed by atoms with Gasteiger partial charge >= 0.3 is 0 Å². The average molecular weight is 264 g/mol. The molecule has 3 heterocycles. The van der Waals surface area contributed by atoms with Gasteiger partial charge in [-0.25, -0.2) is 0 Å². The van der Waals surface area contributed by atoms with Crippen molar-refractivity contribution in [2.45, 2.75) is 25.7 Å². The molecule has 0 bridgehead atoms. The molecule has 4 rings (SSSR count). The molecule has 1 aromatic rings. The third-order valence-electron chi connectivity index (χ3n) is 4.75. The van der Waals surface area contributed by atoms with Crippen molar-refractivity contribution in [2.24, 2.45) is 10.9 Å². The Morgan fingerprint density at radius 3 is 3.10 bits per heavy atom. The van der Waals surface area contributed by atoms with Gasteiger partial charge in [0.2, 0.25) is 0 Å². The average Bonchev–Trinajstić information content (AvgIpc) is 2.86. The summed E-state index contributed by atoms with van der Waals surface area (Å²) in [7, 11) is 0. The highest BCUT2D eigenvalue weighted by Crippen LogP contribution is 2.45.